The molecule has 0 aromatic heterocycles. The molecule has 0 saturated carbocycles. The Morgan fingerprint density at radius 2 is 1.83 bits per heavy atom. The number of nitrogens with zero attached hydrogens (tertiary/aromatic N) is 1. The second-order valence-electron chi connectivity index (χ2n) is 0.653. The predicted octanol–water partition coefficient (Wildman–Crippen LogP) is 1.03. The van der Waals surface area contributed by atoms with Gasteiger partial charge in [-0.05, 0) is 0 Å². The number of alkyl halides is 2. The Hall–Kier alpha value is -0.300. The minimum absolute atomic E-state index is 0.635. The van der Waals surface area contributed by atoms with Crippen molar-refractivity contribution in [2.75, 3.05) is 0 Å². The van der Waals surface area contributed by atoms with Crippen molar-refractivity contribution in [2.45, 2.75) is 5.25 Å². The first-order valence-electron chi connectivity index (χ1n) is 1.08. The average Bonchev–Trinajstić information content (AvgIpc) is 1.35. The standard InChI is InChI=1S/C2HF2NS/c3-2(4,6)1-5/h6H. The molecule has 0 spiro atoms. The highest BCUT2D eigenvalue weighted by Gasteiger charge is 2.19. The molecule has 0 aromatic carbocycles. The summed E-state index contributed by atoms with van der Waals surface area (Å²) >= 11 is 2.56. The molecule has 0 aliphatic carbocycles. The molecule has 4 heteroatoms. The van der Waals surface area contributed by atoms with Gasteiger partial charge >= 0.3 is 5.25 Å². The summed E-state index contributed by atoms with van der Waals surface area (Å²) in [6, 6.07) is 0.635. The van der Waals surface area contributed by atoms with Crippen molar-refractivity contribution in [1.29, 1.82) is 5.26 Å². The molecule has 0 saturated heterocycles. The van der Waals surface area contributed by atoms with Gasteiger partial charge in [0.15, 0.2) is 6.07 Å². The lowest BCUT2D eigenvalue weighted by Crippen LogP contribution is -1.97. The lowest BCUT2D eigenvalue weighted by molar-refractivity contribution is 0.174. The first-order valence-corrected chi connectivity index (χ1v) is 1.52. The van der Waals surface area contributed by atoms with Gasteiger partial charge < -0.3 is 0 Å². The molecule has 0 aliphatic rings. The molecule has 0 aromatic rings. The van der Waals surface area contributed by atoms with E-state index in [1.54, 1.807) is 0 Å². The van der Waals surface area contributed by atoms with Crippen molar-refractivity contribution in [3.8, 4) is 6.07 Å². The van der Waals surface area contributed by atoms with Gasteiger partial charge in [0, 0.05) is 0 Å². The zero-order valence-corrected chi connectivity index (χ0v) is 3.54. The molecule has 0 rings (SSSR count). The summed E-state index contributed by atoms with van der Waals surface area (Å²) in [6.07, 6.45) is 0. The van der Waals surface area contributed by atoms with Crippen molar-refractivity contribution in [3.63, 3.8) is 0 Å². The molecule has 0 heterocycles. The Morgan fingerprint density at radius 1 is 1.67 bits per heavy atom. The van der Waals surface area contributed by atoms with Crippen molar-refractivity contribution in [3.05, 3.63) is 0 Å². The molecule has 0 unspecified atom stereocenters. The van der Waals surface area contributed by atoms with E-state index in [9.17, 15) is 8.78 Å². The quantitative estimate of drug-likeness (QED) is 0.461. The molecule has 0 N–H and O–H groups in total. The number of hydrogen-bond acceptors (Lipinski definition) is 2. The van der Waals surface area contributed by atoms with Crippen LogP contribution in [0.1, 0.15) is 0 Å². The molecule has 6 heavy (non-hydrogen) atoms. The number of nitriles is 1. The number of thiol groups is 1. The third-order valence-electron chi connectivity index (χ3n) is 0.135. The van der Waals surface area contributed by atoms with E-state index in [4.69, 9.17) is 5.26 Å². The summed E-state index contributed by atoms with van der Waals surface area (Å²) in [4.78, 5) is 0. The third-order valence-corrected chi connectivity index (χ3v) is 0.235. The van der Waals surface area contributed by atoms with Crippen LogP contribution in [0.15, 0.2) is 0 Å². The summed E-state index contributed by atoms with van der Waals surface area (Å²) in [6.45, 7) is 0. The molecular formula is C2HF2NS. The van der Waals surface area contributed by atoms with Gasteiger partial charge in [-0.15, -0.1) is 0 Å². The van der Waals surface area contributed by atoms with Crippen LogP contribution in [0.4, 0.5) is 8.78 Å². The van der Waals surface area contributed by atoms with Crippen LogP contribution >= 0.6 is 12.6 Å². The molecule has 0 bridgehead atoms. The van der Waals surface area contributed by atoms with Crippen LogP contribution in [0.25, 0.3) is 0 Å². The van der Waals surface area contributed by atoms with E-state index in [2.05, 4.69) is 12.6 Å². The highest BCUT2D eigenvalue weighted by molar-refractivity contribution is 7.81. The van der Waals surface area contributed by atoms with Crippen molar-refractivity contribution >= 4 is 12.6 Å². The van der Waals surface area contributed by atoms with Gasteiger partial charge in [-0.1, -0.05) is 12.6 Å². The van der Waals surface area contributed by atoms with Crippen LogP contribution in [0.2, 0.25) is 0 Å². The van der Waals surface area contributed by atoms with Gasteiger partial charge in [0.2, 0.25) is 0 Å². The number of rotatable bonds is 0. The molecule has 0 fully saturated rings. The van der Waals surface area contributed by atoms with Gasteiger partial charge in [-0.2, -0.15) is 14.0 Å². The van der Waals surface area contributed by atoms with Crippen LogP contribution in [0.3, 0.4) is 0 Å². The Bertz CT molecular complexity index is 78.5. The average molecular weight is 109 g/mol. The van der Waals surface area contributed by atoms with Crippen molar-refractivity contribution in [1.82, 2.24) is 0 Å². The summed E-state index contributed by atoms with van der Waals surface area (Å²) in [7, 11) is 0. The van der Waals surface area contributed by atoms with E-state index in [1.807, 2.05) is 0 Å². The van der Waals surface area contributed by atoms with Crippen LogP contribution < -0.4 is 0 Å². The Labute approximate surface area is 39.0 Å². The molecule has 1 nitrogen and oxygen atoms in total. The summed E-state index contributed by atoms with van der Waals surface area (Å²) in [5.74, 6) is 0. The zero-order chi connectivity index (χ0) is 5.21. The fraction of sp³-hybridized carbons (Fsp3) is 0.500. The highest BCUT2D eigenvalue weighted by Crippen LogP contribution is 2.14. The molecule has 0 aliphatic heterocycles. The first kappa shape index (κ1) is 5.70. The van der Waals surface area contributed by atoms with Crippen molar-refractivity contribution in [2.24, 2.45) is 0 Å². The Morgan fingerprint density at radius 3 is 1.83 bits per heavy atom. The van der Waals surface area contributed by atoms with E-state index in [0.29, 0.717) is 6.07 Å². The summed E-state index contributed by atoms with van der Waals surface area (Å²) < 4.78 is 21.9. The van der Waals surface area contributed by atoms with Gasteiger partial charge in [0.25, 0.3) is 0 Å². The SMILES string of the molecule is N#CC(F)(F)S. The molecule has 0 amide bonds. The zero-order valence-electron chi connectivity index (χ0n) is 2.65. The lowest BCUT2D eigenvalue weighted by atomic mass is 10.8. The van der Waals surface area contributed by atoms with Crippen molar-refractivity contribution < 1.29 is 8.78 Å². The molecule has 0 radical (unpaired) electrons. The Balaban J connectivity index is 3.55. The second kappa shape index (κ2) is 1.43. The third kappa shape index (κ3) is 3.70. The van der Waals surface area contributed by atoms with Crippen LogP contribution in [-0.4, -0.2) is 5.25 Å². The van der Waals surface area contributed by atoms with E-state index >= 15 is 0 Å². The minimum Gasteiger partial charge on any atom is -0.191 e. The fourth-order valence-corrected chi connectivity index (χ4v) is 0. The number of halogens is 2. The van der Waals surface area contributed by atoms with Crippen LogP contribution in [0.5, 0.6) is 0 Å². The van der Waals surface area contributed by atoms with E-state index in [0.717, 1.165) is 0 Å². The van der Waals surface area contributed by atoms with E-state index in [1.165, 1.54) is 0 Å². The molecular weight excluding hydrogens is 108 g/mol. The van der Waals surface area contributed by atoms with Gasteiger partial charge in [-0.25, -0.2) is 0 Å². The van der Waals surface area contributed by atoms with E-state index in [-0.39, 0.29) is 0 Å². The smallest absolute Gasteiger partial charge is 0.191 e. The lowest BCUT2D eigenvalue weighted by Gasteiger charge is -1.89. The van der Waals surface area contributed by atoms with Crippen LogP contribution in [-0.2, 0) is 0 Å². The normalized spacial score (nSPS) is 10.3. The summed E-state index contributed by atoms with van der Waals surface area (Å²) in [5, 5.41) is 3.87. The van der Waals surface area contributed by atoms with Gasteiger partial charge in [0.05, 0.1) is 0 Å². The molecule has 34 valence electrons. The van der Waals surface area contributed by atoms with Gasteiger partial charge in [0.1, 0.15) is 0 Å². The highest BCUT2D eigenvalue weighted by atomic mass is 32.1. The predicted molar refractivity (Wildman–Crippen MR) is 19.5 cm³/mol. The first-order chi connectivity index (χ1) is 2.56. The molecule has 0 atom stereocenters. The van der Waals surface area contributed by atoms with Gasteiger partial charge in [-0.3, -0.25) is 0 Å². The summed E-state index contributed by atoms with van der Waals surface area (Å²) in [5.41, 5.74) is 0. The fourth-order valence-electron chi connectivity index (χ4n) is 0. The van der Waals surface area contributed by atoms with Crippen LogP contribution in [0, 0.1) is 11.3 Å². The monoisotopic (exact) mass is 109 g/mol. The number of hydrogen-bond donors (Lipinski definition) is 1. The van der Waals surface area contributed by atoms with E-state index < -0.39 is 5.25 Å². The Kier molecular flexibility index (Phi) is 1.36. The maximum Gasteiger partial charge on any atom is 0.377 e. The maximum absolute atomic E-state index is 11.0. The maximum atomic E-state index is 11.0. The topological polar surface area (TPSA) is 23.8 Å². The second-order valence-corrected chi connectivity index (χ2v) is 1.21. The minimum atomic E-state index is -3.46. The largest absolute Gasteiger partial charge is 0.377 e.